The van der Waals surface area contributed by atoms with Crippen LogP contribution in [0, 0.1) is 0 Å². The van der Waals surface area contributed by atoms with Gasteiger partial charge in [0.2, 0.25) is 0 Å². The number of aryl methyl sites for hydroxylation is 1. The van der Waals surface area contributed by atoms with Crippen LogP contribution in [0.25, 0.3) is 0 Å². The second kappa shape index (κ2) is 5.31. The van der Waals surface area contributed by atoms with Crippen LogP contribution in [-0.2, 0) is 6.42 Å². The highest BCUT2D eigenvalue weighted by atomic mass is 32.1. The summed E-state index contributed by atoms with van der Waals surface area (Å²) in [5, 5.41) is 6.92. The molecule has 2 unspecified atom stereocenters. The second-order valence-electron chi connectivity index (χ2n) is 5.23. The number of nitrogens with zero attached hydrogens (tertiary/aromatic N) is 1. The second-order valence-corrected chi connectivity index (χ2v) is 6.16. The lowest BCUT2D eigenvalue weighted by Gasteiger charge is -2.17. The van der Waals surface area contributed by atoms with Crippen molar-refractivity contribution in [1.29, 1.82) is 0 Å². The molecule has 1 aliphatic rings. The summed E-state index contributed by atoms with van der Waals surface area (Å²) in [5.74, 6) is 0.470. The molecule has 2 atom stereocenters. The quantitative estimate of drug-likeness (QED) is 0.842. The molecule has 1 aromatic heterocycles. The summed E-state index contributed by atoms with van der Waals surface area (Å²) in [5.41, 5.74) is 9.53. The fraction of sp³-hybridized carbons (Fsp3) is 0.400. The van der Waals surface area contributed by atoms with Crippen molar-refractivity contribution in [2.24, 2.45) is 0 Å². The summed E-state index contributed by atoms with van der Waals surface area (Å²) >= 11 is 1.73. The Morgan fingerprint density at radius 3 is 3.21 bits per heavy atom. The van der Waals surface area contributed by atoms with Gasteiger partial charge in [0.1, 0.15) is 0 Å². The molecular formula is C15H19N3S. The lowest BCUT2D eigenvalue weighted by atomic mass is 10.1. The van der Waals surface area contributed by atoms with Gasteiger partial charge in [-0.15, -0.1) is 11.3 Å². The minimum atomic E-state index is 0.470. The number of nitrogens with one attached hydrogen (secondary N) is 1. The predicted octanol–water partition coefficient (Wildman–Crippen LogP) is 3.11. The zero-order chi connectivity index (χ0) is 13.2. The Morgan fingerprint density at radius 1 is 1.53 bits per heavy atom. The van der Waals surface area contributed by atoms with E-state index in [1.54, 1.807) is 11.3 Å². The molecule has 100 valence electrons. The van der Waals surface area contributed by atoms with Crippen LogP contribution in [0.1, 0.15) is 41.4 Å². The number of thiazole rings is 1. The van der Waals surface area contributed by atoms with Gasteiger partial charge in [-0.2, -0.15) is 0 Å². The van der Waals surface area contributed by atoms with Crippen LogP contribution in [0.5, 0.6) is 0 Å². The van der Waals surface area contributed by atoms with Gasteiger partial charge < -0.3 is 11.1 Å². The maximum atomic E-state index is 5.84. The van der Waals surface area contributed by atoms with E-state index in [1.807, 2.05) is 17.6 Å². The highest BCUT2D eigenvalue weighted by Gasteiger charge is 2.22. The van der Waals surface area contributed by atoms with Crippen LogP contribution >= 0.6 is 11.3 Å². The number of aromatic nitrogens is 1. The summed E-state index contributed by atoms with van der Waals surface area (Å²) in [4.78, 5) is 4.38. The molecule has 3 nitrogen and oxygen atoms in total. The van der Waals surface area contributed by atoms with Crippen LogP contribution in [0.2, 0.25) is 0 Å². The summed E-state index contributed by atoms with van der Waals surface area (Å²) in [6.07, 6.45) is 4.18. The molecule has 19 heavy (non-hydrogen) atoms. The molecule has 3 rings (SSSR count). The number of nitrogens with two attached hydrogens (primary N) is 1. The Morgan fingerprint density at radius 2 is 2.42 bits per heavy atom. The smallest absolute Gasteiger partial charge is 0.0965 e. The van der Waals surface area contributed by atoms with Crippen LogP contribution in [0.15, 0.2) is 29.8 Å². The first-order valence-corrected chi connectivity index (χ1v) is 7.63. The zero-order valence-corrected chi connectivity index (χ0v) is 11.9. The molecule has 0 amide bonds. The monoisotopic (exact) mass is 273 g/mol. The molecular weight excluding hydrogens is 254 g/mol. The highest BCUT2D eigenvalue weighted by molar-refractivity contribution is 7.09. The van der Waals surface area contributed by atoms with Gasteiger partial charge in [0.05, 0.1) is 5.01 Å². The first-order chi connectivity index (χ1) is 9.24. The Bertz CT molecular complexity index is 551. The van der Waals surface area contributed by atoms with Gasteiger partial charge in [0, 0.05) is 35.8 Å². The van der Waals surface area contributed by atoms with E-state index in [0.29, 0.717) is 12.0 Å². The molecule has 4 heteroatoms. The van der Waals surface area contributed by atoms with Crippen molar-refractivity contribution in [3.05, 3.63) is 45.9 Å². The summed E-state index contributed by atoms with van der Waals surface area (Å²) < 4.78 is 0. The summed E-state index contributed by atoms with van der Waals surface area (Å²) in [6.45, 7) is 3.20. The molecule has 0 spiro atoms. The van der Waals surface area contributed by atoms with Crippen molar-refractivity contribution in [2.75, 3.05) is 12.3 Å². The molecule has 3 N–H and O–H groups in total. The minimum Gasteiger partial charge on any atom is -0.399 e. The SMILES string of the molecule is CC(CNC1CCc2cc(N)ccc21)c1nccs1. The number of rotatable bonds is 4. The van der Waals surface area contributed by atoms with Crippen LogP contribution in [0.3, 0.4) is 0 Å². The molecule has 0 bridgehead atoms. The topological polar surface area (TPSA) is 50.9 Å². The molecule has 0 radical (unpaired) electrons. The van der Waals surface area contributed by atoms with Gasteiger partial charge in [-0.05, 0) is 36.1 Å². The van der Waals surface area contributed by atoms with Gasteiger partial charge in [-0.3, -0.25) is 0 Å². The van der Waals surface area contributed by atoms with E-state index in [-0.39, 0.29) is 0 Å². The number of hydrogen-bond acceptors (Lipinski definition) is 4. The van der Waals surface area contributed by atoms with Crippen molar-refractivity contribution in [2.45, 2.75) is 31.7 Å². The van der Waals surface area contributed by atoms with Crippen molar-refractivity contribution >= 4 is 17.0 Å². The average Bonchev–Trinajstić information content (AvgIpc) is 3.05. The lowest BCUT2D eigenvalue weighted by molar-refractivity contribution is 0.503. The zero-order valence-electron chi connectivity index (χ0n) is 11.1. The van der Waals surface area contributed by atoms with Crippen LogP contribution < -0.4 is 11.1 Å². The maximum absolute atomic E-state index is 5.84. The minimum absolute atomic E-state index is 0.470. The average molecular weight is 273 g/mol. The van der Waals surface area contributed by atoms with Crippen LogP contribution in [-0.4, -0.2) is 11.5 Å². The molecule has 1 aromatic carbocycles. The molecule has 0 fully saturated rings. The van der Waals surface area contributed by atoms with Gasteiger partial charge in [0.25, 0.3) is 0 Å². The van der Waals surface area contributed by atoms with Gasteiger partial charge in [-0.1, -0.05) is 13.0 Å². The van der Waals surface area contributed by atoms with Gasteiger partial charge >= 0.3 is 0 Å². The predicted molar refractivity (Wildman–Crippen MR) is 80.4 cm³/mol. The van der Waals surface area contributed by atoms with E-state index in [2.05, 4.69) is 29.4 Å². The summed E-state index contributed by atoms with van der Waals surface area (Å²) in [6, 6.07) is 6.76. The number of benzene rings is 1. The van der Waals surface area contributed by atoms with Gasteiger partial charge in [0.15, 0.2) is 0 Å². The Balaban J connectivity index is 1.64. The fourth-order valence-corrected chi connectivity index (χ4v) is 3.43. The fourth-order valence-electron chi connectivity index (χ4n) is 2.73. The van der Waals surface area contributed by atoms with Crippen LogP contribution in [0.4, 0.5) is 5.69 Å². The standard InChI is InChI=1S/C15H19N3S/c1-10(15-17-6-7-19-15)9-18-14-5-2-11-8-12(16)3-4-13(11)14/h3-4,6-8,10,14,18H,2,5,9,16H2,1H3. The van der Waals surface area contributed by atoms with E-state index in [9.17, 15) is 0 Å². The van der Waals surface area contributed by atoms with Gasteiger partial charge in [-0.25, -0.2) is 4.98 Å². The van der Waals surface area contributed by atoms with Crippen molar-refractivity contribution in [3.8, 4) is 0 Å². The van der Waals surface area contributed by atoms with E-state index < -0.39 is 0 Å². The van der Waals surface area contributed by atoms with Crippen molar-refractivity contribution < 1.29 is 0 Å². The molecule has 1 heterocycles. The first kappa shape index (κ1) is 12.6. The van der Waals surface area contributed by atoms with E-state index >= 15 is 0 Å². The Kier molecular flexibility index (Phi) is 3.53. The number of fused-ring (bicyclic) bond motifs is 1. The molecule has 0 saturated heterocycles. The molecule has 0 saturated carbocycles. The Hall–Kier alpha value is -1.39. The number of anilines is 1. The summed E-state index contributed by atoms with van der Waals surface area (Å²) in [7, 11) is 0. The third-order valence-corrected chi connectivity index (χ3v) is 4.80. The Labute approximate surface area is 117 Å². The van der Waals surface area contributed by atoms with Crippen molar-refractivity contribution in [3.63, 3.8) is 0 Å². The normalized spacial score (nSPS) is 19.3. The molecule has 1 aliphatic carbocycles. The number of nitrogen functional groups attached to an aromatic ring is 1. The third kappa shape index (κ3) is 2.65. The van der Waals surface area contributed by atoms with E-state index in [4.69, 9.17) is 5.73 Å². The lowest BCUT2D eigenvalue weighted by Crippen LogP contribution is -2.24. The van der Waals surface area contributed by atoms with E-state index in [0.717, 1.165) is 18.7 Å². The third-order valence-electron chi connectivity index (χ3n) is 3.79. The molecule has 2 aromatic rings. The maximum Gasteiger partial charge on any atom is 0.0965 e. The highest BCUT2D eigenvalue weighted by Crippen LogP contribution is 2.32. The largest absolute Gasteiger partial charge is 0.399 e. The number of hydrogen-bond donors (Lipinski definition) is 2. The molecule has 0 aliphatic heterocycles. The first-order valence-electron chi connectivity index (χ1n) is 6.75. The van der Waals surface area contributed by atoms with E-state index in [1.165, 1.54) is 22.6 Å². The van der Waals surface area contributed by atoms with Crippen molar-refractivity contribution in [1.82, 2.24) is 10.3 Å².